The first kappa shape index (κ1) is 15.9. The van der Waals surface area contributed by atoms with Gasteiger partial charge < -0.3 is 15.0 Å². The molecule has 1 N–H and O–H groups in total. The number of carbonyl (C=O) groups is 2. The van der Waals surface area contributed by atoms with Gasteiger partial charge in [0.25, 0.3) is 0 Å². The number of piperidine rings is 1. The summed E-state index contributed by atoms with van der Waals surface area (Å²) in [5, 5.41) is 2.74. The number of ether oxygens (including phenoxy) is 1. The molecule has 1 aromatic heterocycles. The van der Waals surface area contributed by atoms with Crippen molar-refractivity contribution >= 4 is 17.5 Å². The van der Waals surface area contributed by atoms with Gasteiger partial charge in [0, 0.05) is 13.5 Å². The molecule has 1 fully saturated rings. The van der Waals surface area contributed by atoms with Crippen molar-refractivity contribution in [2.45, 2.75) is 25.3 Å². The summed E-state index contributed by atoms with van der Waals surface area (Å²) in [6, 6.07) is 8.94. The Morgan fingerprint density at radius 2 is 1.96 bits per heavy atom. The lowest BCUT2D eigenvalue weighted by Crippen LogP contribution is -2.47. The molecule has 0 bridgehead atoms. The number of likely N-dealkylation sites (N-methyl/N-ethyl adjacent to an activating group) is 1. The maximum atomic E-state index is 12.3. The van der Waals surface area contributed by atoms with Crippen LogP contribution in [0.3, 0.4) is 0 Å². The maximum Gasteiger partial charge on any atom is 0.322 e. The van der Waals surface area contributed by atoms with E-state index in [0.29, 0.717) is 24.3 Å². The zero-order chi connectivity index (χ0) is 16.9. The van der Waals surface area contributed by atoms with Gasteiger partial charge in [-0.05, 0) is 25.0 Å². The number of likely N-dealkylation sites (tertiary alicyclic amines) is 1. The number of rotatable bonds is 4. The van der Waals surface area contributed by atoms with Crippen LogP contribution in [-0.2, 0) is 9.59 Å². The molecule has 7 heteroatoms. The van der Waals surface area contributed by atoms with Gasteiger partial charge in [0.1, 0.15) is 11.8 Å². The van der Waals surface area contributed by atoms with Crippen molar-refractivity contribution in [2.24, 2.45) is 0 Å². The first-order chi connectivity index (χ1) is 11.6. The van der Waals surface area contributed by atoms with Gasteiger partial charge in [0.15, 0.2) is 0 Å². The summed E-state index contributed by atoms with van der Waals surface area (Å²) >= 11 is 0. The average molecular weight is 326 g/mol. The fourth-order valence-electron chi connectivity index (χ4n) is 2.55. The lowest BCUT2D eigenvalue weighted by molar-refractivity contribution is -0.140. The Balaban J connectivity index is 1.61. The molecule has 3 rings (SSSR count). The second kappa shape index (κ2) is 7.08. The lowest BCUT2D eigenvalue weighted by Gasteiger charge is -2.31. The summed E-state index contributed by atoms with van der Waals surface area (Å²) in [5.41, 5.74) is 0.465. The van der Waals surface area contributed by atoms with Crippen molar-refractivity contribution in [2.75, 3.05) is 12.4 Å². The standard InChI is InChI=1S/C17H18N4O3/c1-21-14(8-5-9-15(21)22)16(23)20-12-10-18-17(19-11-12)24-13-6-3-2-4-7-13/h2-4,6-7,10-11,14H,5,8-9H2,1H3,(H,20,23). The van der Waals surface area contributed by atoms with E-state index in [0.717, 1.165) is 6.42 Å². The molecule has 2 aromatic rings. The summed E-state index contributed by atoms with van der Waals surface area (Å²) in [4.78, 5) is 33.6. The fourth-order valence-corrected chi connectivity index (χ4v) is 2.55. The van der Waals surface area contributed by atoms with E-state index in [1.54, 1.807) is 19.2 Å². The molecule has 0 radical (unpaired) electrons. The molecule has 7 nitrogen and oxygen atoms in total. The molecular formula is C17H18N4O3. The third-order valence-electron chi connectivity index (χ3n) is 3.88. The Bertz CT molecular complexity index is 718. The largest absolute Gasteiger partial charge is 0.424 e. The molecular weight excluding hydrogens is 308 g/mol. The minimum atomic E-state index is -0.452. The summed E-state index contributed by atoms with van der Waals surface area (Å²) in [7, 11) is 1.65. The molecule has 1 atom stereocenters. The Hall–Kier alpha value is -2.96. The highest BCUT2D eigenvalue weighted by atomic mass is 16.5. The van der Waals surface area contributed by atoms with Gasteiger partial charge in [-0.3, -0.25) is 9.59 Å². The van der Waals surface area contributed by atoms with E-state index in [-0.39, 0.29) is 17.8 Å². The number of anilines is 1. The second-order valence-electron chi connectivity index (χ2n) is 5.57. The van der Waals surface area contributed by atoms with Crippen LogP contribution in [0.2, 0.25) is 0 Å². The normalized spacial score (nSPS) is 17.5. The number of nitrogens with zero attached hydrogens (tertiary/aromatic N) is 3. The van der Waals surface area contributed by atoms with Crippen LogP contribution in [0, 0.1) is 0 Å². The third-order valence-corrected chi connectivity index (χ3v) is 3.88. The van der Waals surface area contributed by atoms with Gasteiger partial charge in [0.2, 0.25) is 11.8 Å². The van der Waals surface area contributed by atoms with Crippen LogP contribution in [0.25, 0.3) is 0 Å². The zero-order valence-electron chi connectivity index (χ0n) is 13.3. The van der Waals surface area contributed by atoms with Crippen molar-refractivity contribution in [1.82, 2.24) is 14.9 Å². The smallest absolute Gasteiger partial charge is 0.322 e. The van der Waals surface area contributed by atoms with Crippen LogP contribution in [0.4, 0.5) is 5.69 Å². The molecule has 1 aliphatic rings. The number of benzene rings is 1. The molecule has 1 unspecified atom stereocenters. The van der Waals surface area contributed by atoms with E-state index in [2.05, 4.69) is 15.3 Å². The minimum absolute atomic E-state index is 0.00995. The van der Waals surface area contributed by atoms with E-state index in [1.165, 1.54) is 17.3 Å². The van der Waals surface area contributed by atoms with Gasteiger partial charge in [-0.2, -0.15) is 0 Å². The number of amides is 2. The Labute approximate surface area is 139 Å². The summed E-state index contributed by atoms with van der Waals surface area (Å²) in [6.07, 6.45) is 4.84. The van der Waals surface area contributed by atoms with Crippen LogP contribution in [0.15, 0.2) is 42.7 Å². The molecule has 0 saturated carbocycles. The molecule has 1 aliphatic heterocycles. The summed E-state index contributed by atoms with van der Waals surface area (Å²) in [5.74, 6) is 0.395. The van der Waals surface area contributed by atoms with Crippen LogP contribution < -0.4 is 10.1 Å². The molecule has 0 spiro atoms. The number of para-hydroxylation sites is 1. The Kier molecular flexibility index (Phi) is 4.69. The van der Waals surface area contributed by atoms with Crippen molar-refractivity contribution in [3.8, 4) is 11.8 Å². The molecule has 0 aliphatic carbocycles. The zero-order valence-corrected chi connectivity index (χ0v) is 13.3. The summed E-state index contributed by atoms with van der Waals surface area (Å²) in [6.45, 7) is 0. The van der Waals surface area contributed by atoms with E-state index in [4.69, 9.17) is 4.74 Å². The predicted octanol–water partition coefficient (Wildman–Crippen LogP) is 2.22. The van der Waals surface area contributed by atoms with Gasteiger partial charge >= 0.3 is 6.01 Å². The molecule has 2 heterocycles. The first-order valence-corrected chi connectivity index (χ1v) is 7.75. The Morgan fingerprint density at radius 3 is 2.67 bits per heavy atom. The van der Waals surface area contributed by atoms with Crippen molar-refractivity contribution in [1.29, 1.82) is 0 Å². The number of nitrogens with one attached hydrogen (secondary N) is 1. The van der Waals surface area contributed by atoms with Gasteiger partial charge in [-0.15, -0.1) is 0 Å². The third kappa shape index (κ3) is 3.68. The first-order valence-electron chi connectivity index (χ1n) is 7.75. The van der Waals surface area contributed by atoms with Gasteiger partial charge in [-0.25, -0.2) is 9.97 Å². The number of hydrogen-bond acceptors (Lipinski definition) is 5. The molecule has 24 heavy (non-hydrogen) atoms. The van der Waals surface area contributed by atoms with E-state index in [9.17, 15) is 9.59 Å². The highest BCUT2D eigenvalue weighted by Crippen LogP contribution is 2.19. The number of aromatic nitrogens is 2. The molecule has 2 amide bonds. The quantitative estimate of drug-likeness (QED) is 0.931. The van der Waals surface area contributed by atoms with Crippen LogP contribution in [0.5, 0.6) is 11.8 Å². The van der Waals surface area contributed by atoms with Gasteiger partial charge in [-0.1, -0.05) is 18.2 Å². The van der Waals surface area contributed by atoms with Crippen LogP contribution in [-0.4, -0.2) is 39.8 Å². The fraction of sp³-hybridized carbons (Fsp3) is 0.294. The predicted molar refractivity (Wildman–Crippen MR) is 87.6 cm³/mol. The van der Waals surface area contributed by atoms with Crippen LogP contribution in [0.1, 0.15) is 19.3 Å². The van der Waals surface area contributed by atoms with E-state index in [1.807, 2.05) is 18.2 Å². The SMILES string of the molecule is CN1C(=O)CCCC1C(=O)Nc1cnc(Oc2ccccc2)nc1. The molecule has 124 valence electrons. The highest BCUT2D eigenvalue weighted by molar-refractivity contribution is 5.97. The maximum absolute atomic E-state index is 12.3. The molecule has 1 saturated heterocycles. The average Bonchev–Trinajstić information content (AvgIpc) is 2.60. The second-order valence-corrected chi connectivity index (χ2v) is 5.57. The van der Waals surface area contributed by atoms with Gasteiger partial charge in [0.05, 0.1) is 18.1 Å². The van der Waals surface area contributed by atoms with Crippen molar-refractivity contribution < 1.29 is 14.3 Å². The van der Waals surface area contributed by atoms with E-state index < -0.39 is 6.04 Å². The highest BCUT2D eigenvalue weighted by Gasteiger charge is 2.30. The van der Waals surface area contributed by atoms with E-state index >= 15 is 0 Å². The van der Waals surface area contributed by atoms with Crippen molar-refractivity contribution in [3.05, 3.63) is 42.7 Å². The number of hydrogen-bond donors (Lipinski definition) is 1. The topological polar surface area (TPSA) is 84.4 Å². The molecule has 1 aromatic carbocycles. The van der Waals surface area contributed by atoms with Crippen LogP contribution >= 0.6 is 0 Å². The monoisotopic (exact) mass is 326 g/mol. The lowest BCUT2D eigenvalue weighted by atomic mass is 10.0. The van der Waals surface area contributed by atoms with Crippen molar-refractivity contribution in [3.63, 3.8) is 0 Å². The Morgan fingerprint density at radius 1 is 1.25 bits per heavy atom. The number of carbonyl (C=O) groups excluding carboxylic acids is 2. The minimum Gasteiger partial charge on any atom is -0.424 e. The summed E-state index contributed by atoms with van der Waals surface area (Å²) < 4.78 is 5.50.